The van der Waals surface area contributed by atoms with E-state index in [4.69, 9.17) is 0 Å². The van der Waals surface area contributed by atoms with E-state index < -0.39 is 0 Å². The van der Waals surface area contributed by atoms with Crippen LogP contribution in [0.5, 0.6) is 0 Å². The van der Waals surface area contributed by atoms with E-state index in [1.165, 1.54) is 0 Å². The number of hydrogen-bond donors (Lipinski definition) is 2. The molecule has 1 aromatic carbocycles. The summed E-state index contributed by atoms with van der Waals surface area (Å²) in [5.74, 6) is 0. The maximum absolute atomic E-state index is 12.8. The van der Waals surface area contributed by atoms with Crippen LogP contribution in [0.25, 0.3) is 0 Å². The minimum absolute atomic E-state index is 0.0746. The predicted octanol–water partition coefficient (Wildman–Crippen LogP) is 2.98. The maximum Gasteiger partial charge on any atom is 0.322 e. The Hall–Kier alpha value is -3.09. The van der Waals surface area contributed by atoms with Crippen molar-refractivity contribution in [1.82, 2.24) is 15.2 Å². The Labute approximate surface area is 152 Å². The van der Waals surface area contributed by atoms with E-state index in [0.717, 1.165) is 30.6 Å². The first kappa shape index (κ1) is 16.4. The number of hydrogen-bond acceptors (Lipinski definition) is 3. The number of carbonyl (C=O) groups excluding carboxylic acids is 2. The lowest BCUT2D eigenvalue weighted by molar-refractivity contribution is 0.207. The van der Waals surface area contributed by atoms with Gasteiger partial charge in [0, 0.05) is 43.4 Å². The molecule has 1 unspecified atom stereocenters. The zero-order valence-electron chi connectivity index (χ0n) is 14.4. The van der Waals surface area contributed by atoms with Crippen molar-refractivity contribution in [1.29, 1.82) is 0 Å². The van der Waals surface area contributed by atoms with Gasteiger partial charge < -0.3 is 15.5 Å². The maximum atomic E-state index is 12.8. The summed E-state index contributed by atoms with van der Waals surface area (Å²) in [6.07, 6.45) is 5.45. The van der Waals surface area contributed by atoms with Crippen molar-refractivity contribution in [2.45, 2.75) is 18.9 Å². The van der Waals surface area contributed by atoms with Gasteiger partial charge in [0.05, 0.1) is 6.04 Å². The number of anilines is 2. The molecule has 0 spiro atoms. The molecule has 1 atom stereocenters. The second-order valence-corrected chi connectivity index (χ2v) is 6.50. The summed E-state index contributed by atoms with van der Waals surface area (Å²) in [7, 11) is 0. The molecule has 1 aromatic heterocycles. The van der Waals surface area contributed by atoms with Gasteiger partial charge in [0.2, 0.25) is 0 Å². The van der Waals surface area contributed by atoms with Gasteiger partial charge in [-0.3, -0.25) is 9.88 Å². The third-order valence-electron chi connectivity index (χ3n) is 4.87. The summed E-state index contributed by atoms with van der Waals surface area (Å²) in [6.45, 7) is 2.00. The largest absolute Gasteiger partial charge is 0.336 e. The number of nitrogens with zero attached hydrogens (tertiary/aromatic N) is 3. The van der Waals surface area contributed by atoms with Gasteiger partial charge in [0.1, 0.15) is 0 Å². The zero-order chi connectivity index (χ0) is 17.9. The number of urea groups is 2. The standard InChI is InChI=1S/C19H21N5O2/c25-18-21-10-12-23(18)16-4-1-3-15(13-16)22-19(26)24-11-2-5-17(24)14-6-8-20-9-7-14/h1,3-4,6-9,13,17H,2,5,10-12H2,(H,21,25)(H,22,26). The Morgan fingerprint density at radius 2 is 2.04 bits per heavy atom. The van der Waals surface area contributed by atoms with Gasteiger partial charge in [-0.05, 0) is 48.7 Å². The molecule has 2 fully saturated rings. The molecule has 134 valence electrons. The second kappa shape index (κ2) is 7.03. The van der Waals surface area contributed by atoms with Crippen LogP contribution in [0.15, 0.2) is 48.8 Å². The smallest absolute Gasteiger partial charge is 0.322 e. The van der Waals surface area contributed by atoms with Crippen LogP contribution >= 0.6 is 0 Å². The Morgan fingerprint density at radius 3 is 2.81 bits per heavy atom. The van der Waals surface area contributed by atoms with E-state index >= 15 is 0 Å². The van der Waals surface area contributed by atoms with Crippen molar-refractivity contribution >= 4 is 23.4 Å². The van der Waals surface area contributed by atoms with E-state index in [1.807, 2.05) is 41.3 Å². The van der Waals surface area contributed by atoms with Gasteiger partial charge in [-0.15, -0.1) is 0 Å². The Bertz CT molecular complexity index is 811. The van der Waals surface area contributed by atoms with Gasteiger partial charge in [-0.1, -0.05) is 6.07 Å². The minimum atomic E-state index is -0.118. The number of carbonyl (C=O) groups is 2. The molecule has 2 aliphatic heterocycles. The highest BCUT2D eigenvalue weighted by molar-refractivity contribution is 5.96. The number of likely N-dealkylation sites (tertiary alicyclic amines) is 1. The van der Waals surface area contributed by atoms with E-state index in [9.17, 15) is 9.59 Å². The number of nitrogens with one attached hydrogen (secondary N) is 2. The highest BCUT2D eigenvalue weighted by atomic mass is 16.2. The molecular weight excluding hydrogens is 330 g/mol. The fraction of sp³-hybridized carbons (Fsp3) is 0.316. The van der Waals surface area contributed by atoms with Crippen LogP contribution in [0, 0.1) is 0 Å². The minimum Gasteiger partial charge on any atom is -0.336 e. The molecule has 2 aromatic rings. The van der Waals surface area contributed by atoms with Crippen LogP contribution in [-0.4, -0.2) is 41.6 Å². The Morgan fingerprint density at radius 1 is 1.19 bits per heavy atom. The van der Waals surface area contributed by atoms with Crippen molar-refractivity contribution in [3.63, 3.8) is 0 Å². The summed E-state index contributed by atoms with van der Waals surface area (Å²) in [5.41, 5.74) is 2.58. The van der Waals surface area contributed by atoms with E-state index in [0.29, 0.717) is 18.8 Å². The molecule has 2 N–H and O–H groups in total. The molecular formula is C19H21N5O2. The molecule has 0 bridgehead atoms. The third kappa shape index (κ3) is 3.20. The van der Waals surface area contributed by atoms with E-state index in [2.05, 4.69) is 15.6 Å². The topological polar surface area (TPSA) is 77.6 Å². The molecule has 0 aliphatic carbocycles. The molecule has 0 radical (unpaired) electrons. The van der Waals surface area contributed by atoms with Gasteiger partial charge in [-0.25, -0.2) is 9.59 Å². The van der Waals surface area contributed by atoms with E-state index in [-0.39, 0.29) is 18.1 Å². The summed E-state index contributed by atoms with van der Waals surface area (Å²) in [6, 6.07) is 11.2. The van der Waals surface area contributed by atoms with Crippen LogP contribution in [-0.2, 0) is 0 Å². The zero-order valence-corrected chi connectivity index (χ0v) is 14.4. The first-order valence-electron chi connectivity index (χ1n) is 8.85. The number of pyridine rings is 1. The Balaban J connectivity index is 1.48. The van der Waals surface area contributed by atoms with Crippen LogP contribution < -0.4 is 15.5 Å². The molecule has 4 rings (SSSR count). The molecule has 2 saturated heterocycles. The molecule has 2 aliphatic rings. The van der Waals surface area contributed by atoms with Crippen molar-refractivity contribution in [3.05, 3.63) is 54.4 Å². The van der Waals surface area contributed by atoms with Crippen molar-refractivity contribution in [3.8, 4) is 0 Å². The monoisotopic (exact) mass is 351 g/mol. The van der Waals surface area contributed by atoms with Gasteiger partial charge >= 0.3 is 12.1 Å². The first-order valence-corrected chi connectivity index (χ1v) is 8.85. The number of rotatable bonds is 3. The number of amides is 4. The lowest BCUT2D eigenvalue weighted by Crippen LogP contribution is -2.34. The molecule has 7 heteroatoms. The predicted molar refractivity (Wildman–Crippen MR) is 99.1 cm³/mol. The van der Waals surface area contributed by atoms with Crippen LogP contribution in [0.1, 0.15) is 24.4 Å². The van der Waals surface area contributed by atoms with Gasteiger partial charge in [0.15, 0.2) is 0 Å². The van der Waals surface area contributed by atoms with Crippen LogP contribution in [0.3, 0.4) is 0 Å². The van der Waals surface area contributed by atoms with Crippen molar-refractivity contribution < 1.29 is 9.59 Å². The summed E-state index contributed by atoms with van der Waals surface area (Å²) in [4.78, 5) is 32.2. The highest BCUT2D eigenvalue weighted by Gasteiger charge is 2.30. The van der Waals surface area contributed by atoms with Gasteiger partial charge in [-0.2, -0.15) is 0 Å². The number of benzene rings is 1. The molecule has 3 heterocycles. The summed E-state index contributed by atoms with van der Waals surface area (Å²) in [5, 5.41) is 5.76. The average molecular weight is 351 g/mol. The van der Waals surface area contributed by atoms with Gasteiger partial charge in [0.25, 0.3) is 0 Å². The first-order chi connectivity index (χ1) is 12.7. The lowest BCUT2D eigenvalue weighted by atomic mass is 10.1. The normalized spacial score (nSPS) is 19.5. The third-order valence-corrected chi connectivity index (χ3v) is 4.87. The highest BCUT2D eigenvalue weighted by Crippen LogP contribution is 2.32. The average Bonchev–Trinajstić information content (AvgIpc) is 3.31. The molecule has 26 heavy (non-hydrogen) atoms. The number of aromatic nitrogens is 1. The fourth-order valence-corrected chi connectivity index (χ4v) is 3.61. The quantitative estimate of drug-likeness (QED) is 0.892. The van der Waals surface area contributed by atoms with Crippen molar-refractivity contribution in [2.75, 3.05) is 29.9 Å². The lowest BCUT2D eigenvalue weighted by Gasteiger charge is -2.25. The second-order valence-electron chi connectivity index (χ2n) is 6.50. The van der Waals surface area contributed by atoms with E-state index in [1.54, 1.807) is 17.3 Å². The molecule has 0 saturated carbocycles. The molecule has 4 amide bonds. The summed E-state index contributed by atoms with van der Waals surface area (Å²) < 4.78 is 0. The molecule has 7 nitrogen and oxygen atoms in total. The fourth-order valence-electron chi connectivity index (χ4n) is 3.61. The van der Waals surface area contributed by atoms with Crippen LogP contribution in [0.4, 0.5) is 21.0 Å². The van der Waals surface area contributed by atoms with Crippen LogP contribution in [0.2, 0.25) is 0 Å². The Kier molecular flexibility index (Phi) is 4.43. The SMILES string of the molecule is O=C1NCCN1c1cccc(NC(=O)N2CCCC2c2ccncc2)c1. The summed E-state index contributed by atoms with van der Waals surface area (Å²) >= 11 is 0. The van der Waals surface area contributed by atoms with Crippen molar-refractivity contribution in [2.24, 2.45) is 0 Å².